The third-order valence-electron chi connectivity index (χ3n) is 3.56. The number of aromatic nitrogens is 2. The molecule has 0 unspecified atom stereocenters. The van der Waals surface area contributed by atoms with Gasteiger partial charge in [-0.15, -0.1) is 0 Å². The van der Waals surface area contributed by atoms with Crippen molar-refractivity contribution in [1.82, 2.24) is 9.55 Å². The second-order valence-electron chi connectivity index (χ2n) is 5.41. The van der Waals surface area contributed by atoms with Crippen molar-refractivity contribution in [2.75, 3.05) is 13.2 Å². The van der Waals surface area contributed by atoms with Crippen LogP contribution in [-0.4, -0.2) is 22.8 Å². The minimum atomic E-state index is -3.59. The molecule has 1 aromatic rings. The Balaban J connectivity index is 3.73. The smallest absolute Gasteiger partial charge is 0.306 e. The van der Waals surface area contributed by atoms with E-state index in [0.717, 1.165) is 12.8 Å². The summed E-state index contributed by atoms with van der Waals surface area (Å²) in [6, 6.07) is 0. The molecule has 1 heterocycles. The van der Waals surface area contributed by atoms with E-state index in [1.165, 1.54) is 16.8 Å². The molecule has 0 aliphatic rings. The third-order valence-corrected chi connectivity index (χ3v) is 5.87. The molecule has 1 N–H and O–H groups in total. The summed E-state index contributed by atoms with van der Waals surface area (Å²) in [6.45, 7) is 11.2. The van der Waals surface area contributed by atoms with E-state index >= 15 is 0 Å². The molecule has 0 aromatic carbocycles. The van der Waals surface area contributed by atoms with E-state index < -0.39 is 18.8 Å². The van der Waals surface area contributed by atoms with E-state index in [4.69, 9.17) is 9.05 Å². The predicted molar refractivity (Wildman–Crippen MR) is 99.9 cm³/mol. The van der Waals surface area contributed by atoms with Crippen molar-refractivity contribution < 1.29 is 13.6 Å². The molecule has 0 radical (unpaired) electrons. The largest absolute Gasteiger partial charge is 0.359 e. The molecule has 1 rings (SSSR count). The molecular weight excluding hydrogens is 343 g/mol. The lowest BCUT2D eigenvalue weighted by molar-refractivity contribution is 0.225. The van der Waals surface area contributed by atoms with Gasteiger partial charge >= 0.3 is 13.3 Å². The lowest BCUT2D eigenvalue weighted by atomic mass is 10.2. The molecule has 0 fully saturated rings. The van der Waals surface area contributed by atoms with Crippen LogP contribution in [0.15, 0.2) is 33.8 Å². The van der Waals surface area contributed by atoms with Crippen LogP contribution < -0.4 is 11.2 Å². The molecule has 0 aliphatic heterocycles. The standard InChI is InChI=1S/C17H27N2O5P/c1-6-10-11-15(25(22,23-8-3)24-9-4)14(7-2)19-12-13(5)16(20)18-17(19)21/h7,12H,2,6,8-11H2,1,3-5H3,(H,18,20,21)/b15-14+. The Labute approximate surface area is 147 Å². The number of hydrogen-bond acceptors (Lipinski definition) is 5. The number of hydrogen-bond donors (Lipinski definition) is 1. The number of rotatable bonds is 10. The first-order chi connectivity index (χ1) is 11.8. The zero-order valence-electron chi connectivity index (χ0n) is 15.3. The highest BCUT2D eigenvalue weighted by Crippen LogP contribution is 2.59. The monoisotopic (exact) mass is 370 g/mol. The quantitative estimate of drug-likeness (QED) is 0.501. The van der Waals surface area contributed by atoms with Crippen molar-refractivity contribution in [2.24, 2.45) is 0 Å². The van der Waals surface area contributed by atoms with E-state index in [0.29, 0.717) is 23.0 Å². The van der Waals surface area contributed by atoms with Gasteiger partial charge in [0, 0.05) is 11.8 Å². The lowest BCUT2D eigenvalue weighted by Gasteiger charge is -2.23. The summed E-state index contributed by atoms with van der Waals surface area (Å²) in [6.07, 6.45) is 4.89. The average molecular weight is 370 g/mol. The molecule has 8 heteroatoms. The van der Waals surface area contributed by atoms with Crippen molar-refractivity contribution in [3.63, 3.8) is 0 Å². The third kappa shape index (κ3) is 5.14. The van der Waals surface area contributed by atoms with Crippen molar-refractivity contribution in [2.45, 2.75) is 47.0 Å². The number of aryl methyl sites for hydroxylation is 1. The zero-order chi connectivity index (χ0) is 19.0. The van der Waals surface area contributed by atoms with Crippen LogP contribution in [0.25, 0.3) is 5.70 Å². The van der Waals surface area contributed by atoms with Gasteiger partial charge in [0.15, 0.2) is 0 Å². The fourth-order valence-electron chi connectivity index (χ4n) is 2.38. The highest BCUT2D eigenvalue weighted by Gasteiger charge is 2.32. The summed E-state index contributed by atoms with van der Waals surface area (Å²) >= 11 is 0. The van der Waals surface area contributed by atoms with Gasteiger partial charge in [-0.1, -0.05) is 19.9 Å². The number of aromatic amines is 1. The summed E-state index contributed by atoms with van der Waals surface area (Å²) in [5.41, 5.74) is -0.406. The van der Waals surface area contributed by atoms with E-state index in [-0.39, 0.29) is 13.2 Å². The van der Waals surface area contributed by atoms with Crippen LogP contribution in [0.5, 0.6) is 0 Å². The van der Waals surface area contributed by atoms with Crippen LogP contribution in [-0.2, 0) is 13.6 Å². The molecule has 140 valence electrons. The zero-order valence-corrected chi connectivity index (χ0v) is 16.2. The summed E-state index contributed by atoms with van der Waals surface area (Å²) in [5.74, 6) is 0. The number of allylic oxidation sites excluding steroid dienone is 3. The second kappa shape index (κ2) is 9.70. The first kappa shape index (κ1) is 21.4. The Hall–Kier alpha value is -1.69. The van der Waals surface area contributed by atoms with E-state index in [1.54, 1.807) is 20.8 Å². The fraction of sp³-hybridized carbons (Fsp3) is 0.529. The van der Waals surface area contributed by atoms with Gasteiger partial charge in [-0.3, -0.25) is 18.9 Å². The minimum absolute atomic E-state index is 0.205. The predicted octanol–water partition coefficient (Wildman–Crippen LogP) is 3.66. The van der Waals surface area contributed by atoms with E-state index in [9.17, 15) is 14.2 Å². The molecular formula is C17H27N2O5P. The highest BCUT2D eigenvalue weighted by molar-refractivity contribution is 7.58. The molecule has 25 heavy (non-hydrogen) atoms. The summed E-state index contributed by atoms with van der Waals surface area (Å²) in [5, 5.41) is 0.390. The van der Waals surface area contributed by atoms with Gasteiger partial charge in [0.1, 0.15) is 0 Å². The topological polar surface area (TPSA) is 90.4 Å². The van der Waals surface area contributed by atoms with Gasteiger partial charge in [0.2, 0.25) is 0 Å². The highest BCUT2D eigenvalue weighted by atomic mass is 31.2. The van der Waals surface area contributed by atoms with Crippen LogP contribution in [0.2, 0.25) is 0 Å². The summed E-state index contributed by atoms with van der Waals surface area (Å²) in [4.78, 5) is 26.1. The molecule has 1 aromatic heterocycles. The first-order valence-corrected chi connectivity index (χ1v) is 9.97. The van der Waals surface area contributed by atoms with E-state index in [2.05, 4.69) is 11.6 Å². The lowest BCUT2D eigenvalue weighted by Crippen LogP contribution is -2.30. The van der Waals surface area contributed by atoms with Crippen LogP contribution in [0.1, 0.15) is 45.6 Å². The minimum Gasteiger partial charge on any atom is -0.306 e. The number of unbranched alkanes of at least 4 members (excludes halogenated alkanes) is 1. The number of nitrogens with zero attached hydrogens (tertiary/aromatic N) is 1. The molecule has 0 aliphatic carbocycles. The molecule has 0 atom stereocenters. The van der Waals surface area contributed by atoms with Gasteiger partial charge in [-0.05, 0) is 39.7 Å². The van der Waals surface area contributed by atoms with Crippen molar-refractivity contribution in [1.29, 1.82) is 0 Å². The van der Waals surface area contributed by atoms with Crippen LogP contribution in [0, 0.1) is 6.92 Å². The van der Waals surface area contributed by atoms with Gasteiger partial charge in [-0.2, -0.15) is 0 Å². The maximum atomic E-state index is 13.3. The molecule has 0 bridgehead atoms. The Morgan fingerprint density at radius 3 is 2.36 bits per heavy atom. The maximum absolute atomic E-state index is 13.3. The Morgan fingerprint density at radius 1 is 1.28 bits per heavy atom. The van der Waals surface area contributed by atoms with Crippen molar-refractivity contribution in [3.05, 3.63) is 50.6 Å². The SMILES string of the molecule is C=C/C(=C(/CCCC)P(=O)(OCC)OCC)n1cc(C)c(=O)[nH]c1=O. The van der Waals surface area contributed by atoms with Gasteiger partial charge in [-0.25, -0.2) is 4.79 Å². The van der Waals surface area contributed by atoms with Gasteiger partial charge in [0.05, 0.1) is 24.2 Å². The molecule has 0 amide bonds. The Kier molecular flexibility index (Phi) is 8.29. The fourth-order valence-corrected chi connectivity index (χ4v) is 4.36. The maximum Gasteiger partial charge on any atom is 0.359 e. The van der Waals surface area contributed by atoms with Crippen LogP contribution in [0.4, 0.5) is 0 Å². The summed E-state index contributed by atoms with van der Waals surface area (Å²) in [7, 11) is -3.59. The number of H-pyrrole nitrogens is 1. The molecule has 0 saturated carbocycles. The van der Waals surface area contributed by atoms with Gasteiger partial charge < -0.3 is 9.05 Å². The van der Waals surface area contributed by atoms with Crippen LogP contribution in [0.3, 0.4) is 0 Å². The molecule has 7 nitrogen and oxygen atoms in total. The average Bonchev–Trinajstić information content (AvgIpc) is 2.55. The van der Waals surface area contributed by atoms with Crippen molar-refractivity contribution >= 4 is 13.3 Å². The van der Waals surface area contributed by atoms with Crippen LogP contribution >= 0.6 is 7.60 Å². The Bertz CT molecular complexity index is 781. The summed E-state index contributed by atoms with van der Waals surface area (Å²) < 4.78 is 25.5. The Morgan fingerprint density at radius 2 is 1.88 bits per heavy atom. The van der Waals surface area contributed by atoms with Gasteiger partial charge in [0.25, 0.3) is 5.56 Å². The van der Waals surface area contributed by atoms with Crippen molar-refractivity contribution in [3.8, 4) is 0 Å². The normalized spacial score (nSPS) is 12.8. The molecule has 0 saturated heterocycles. The number of nitrogens with one attached hydrogen (secondary N) is 1. The first-order valence-electron chi connectivity index (χ1n) is 8.42. The van der Waals surface area contributed by atoms with E-state index in [1.807, 2.05) is 6.92 Å². The molecule has 0 spiro atoms. The second-order valence-corrected chi connectivity index (χ2v) is 7.47.